The minimum atomic E-state index is -0.235. The lowest BCUT2D eigenvalue weighted by Crippen LogP contribution is -2.09. The molecule has 0 aliphatic heterocycles. The Hall–Kier alpha value is -2.26. The lowest BCUT2D eigenvalue weighted by molar-refractivity contribution is 1.14. The van der Waals surface area contributed by atoms with Gasteiger partial charge in [-0.05, 0) is 46.7 Å². The number of H-pyrrole nitrogens is 1. The molecule has 1 aromatic heterocycles. The van der Waals surface area contributed by atoms with Crippen molar-refractivity contribution in [1.29, 1.82) is 0 Å². The molecular formula is C23H16Cl3NO. The molecule has 0 saturated heterocycles. The van der Waals surface area contributed by atoms with Crippen molar-refractivity contribution < 1.29 is 0 Å². The third kappa shape index (κ3) is 3.12. The molecule has 4 aromatic rings. The standard InChI is InChI=1S/C23H16Cl3NO/c1-2-13-14(7-4-9-18(13)24)15-6-3-8-16-17(15)12-27-23(28)21(16)22-19(25)10-5-11-20(22)26/h3-12H,2H2,1H3,(H,27,28). The Morgan fingerprint density at radius 1 is 0.750 bits per heavy atom. The van der Waals surface area contributed by atoms with E-state index in [2.05, 4.69) is 11.9 Å². The molecule has 0 fully saturated rings. The summed E-state index contributed by atoms with van der Waals surface area (Å²) in [4.78, 5) is 15.6. The molecule has 28 heavy (non-hydrogen) atoms. The van der Waals surface area contributed by atoms with Gasteiger partial charge in [-0.3, -0.25) is 4.79 Å². The van der Waals surface area contributed by atoms with Gasteiger partial charge in [0, 0.05) is 22.2 Å². The summed E-state index contributed by atoms with van der Waals surface area (Å²) >= 11 is 19.2. The maximum atomic E-state index is 12.8. The van der Waals surface area contributed by atoms with Crippen molar-refractivity contribution in [3.63, 3.8) is 0 Å². The fourth-order valence-corrected chi connectivity index (χ4v) is 4.56. The second-order valence-corrected chi connectivity index (χ2v) is 7.70. The highest BCUT2D eigenvalue weighted by atomic mass is 35.5. The highest BCUT2D eigenvalue weighted by Gasteiger charge is 2.18. The van der Waals surface area contributed by atoms with E-state index < -0.39 is 0 Å². The van der Waals surface area contributed by atoms with Crippen LogP contribution in [0.5, 0.6) is 0 Å². The molecule has 1 N–H and O–H groups in total. The first-order valence-electron chi connectivity index (χ1n) is 8.89. The van der Waals surface area contributed by atoms with Gasteiger partial charge in [-0.25, -0.2) is 0 Å². The normalized spacial score (nSPS) is 11.1. The summed E-state index contributed by atoms with van der Waals surface area (Å²) in [7, 11) is 0. The molecule has 4 rings (SSSR count). The van der Waals surface area contributed by atoms with E-state index in [0.29, 0.717) is 21.2 Å². The molecule has 0 saturated carbocycles. The fourth-order valence-electron chi connectivity index (χ4n) is 3.66. The quantitative estimate of drug-likeness (QED) is 0.362. The van der Waals surface area contributed by atoms with Crippen molar-refractivity contribution >= 4 is 45.6 Å². The summed E-state index contributed by atoms with van der Waals surface area (Å²) in [6, 6.07) is 17.0. The lowest BCUT2D eigenvalue weighted by atomic mass is 9.92. The fraction of sp³-hybridized carbons (Fsp3) is 0.0870. The average Bonchev–Trinajstić information content (AvgIpc) is 2.68. The molecule has 0 spiro atoms. The molecule has 0 bridgehead atoms. The molecule has 140 valence electrons. The predicted octanol–water partition coefficient (Wildman–Crippen LogP) is 7.38. The number of aromatic nitrogens is 1. The van der Waals surface area contributed by atoms with E-state index in [9.17, 15) is 4.79 Å². The number of nitrogens with one attached hydrogen (secondary N) is 1. The van der Waals surface area contributed by atoms with Crippen molar-refractivity contribution in [3.8, 4) is 22.3 Å². The Balaban J connectivity index is 2.11. The van der Waals surface area contributed by atoms with E-state index in [1.165, 1.54) is 0 Å². The van der Waals surface area contributed by atoms with Gasteiger partial charge in [-0.2, -0.15) is 0 Å². The summed E-state index contributed by atoms with van der Waals surface area (Å²) in [5.74, 6) is 0. The van der Waals surface area contributed by atoms with Gasteiger partial charge in [0.05, 0.1) is 15.6 Å². The highest BCUT2D eigenvalue weighted by Crippen LogP contribution is 2.39. The van der Waals surface area contributed by atoms with E-state index in [4.69, 9.17) is 34.8 Å². The molecule has 0 radical (unpaired) electrons. The number of fused-ring (bicyclic) bond motifs is 1. The van der Waals surface area contributed by atoms with Crippen LogP contribution in [0.15, 0.2) is 65.6 Å². The first-order valence-corrected chi connectivity index (χ1v) is 10.0. The van der Waals surface area contributed by atoms with Crippen molar-refractivity contribution in [2.45, 2.75) is 13.3 Å². The van der Waals surface area contributed by atoms with E-state index in [1.54, 1.807) is 24.4 Å². The maximum absolute atomic E-state index is 12.8. The van der Waals surface area contributed by atoms with Crippen LogP contribution in [-0.4, -0.2) is 4.98 Å². The van der Waals surface area contributed by atoms with Crippen LogP contribution in [0.2, 0.25) is 15.1 Å². The summed E-state index contributed by atoms with van der Waals surface area (Å²) in [6.07, 6.45) is 2.54. The SMILES string of the molecule is CCc1c(Cl)cccc1-c1cccc2c(-c3c(Cl)cccc3Cl)c(=O)[nH]cc12. The Morgan fingerprint density at radius 3 is 2.07 bits per heavy atom. The summed E-state index contributed by atoms with van der Waals surface area (Å²) in [5, 5.41) is 3.31. The Labute approximate surface area is 177 Å². The predicted molar refractivity (Wildman–Crippen MR) is 120 cm³/mol. The third-order valence-electron chi connectivity index (χ3n) is 4.93. The second-order valence-electron chi connectivity index (χ2n) is 6.48. The smallest absolute Gasteiger partial charge is 0.256 e. The average molecular weight is 429 g/mol. The molecule has 0 aliphatic rings. The monoisotopic (exact) mass is 427 g/mol. The molecule has 5 heteroatoms. The zero-order chi connectivity index (χ0) is 19.8. The Kier molecular flexibility index (Phi) is 5.20. The topological polar surface area (TPSA) is 32.9 Å². The van der Waals surface area contributed by atoms with Crippen LogP contribution in [0.3, 0.4) is 0 Å². The van der Waals surface area contributed by atoms with Crippen molar-refractivity contribution in [1.82, 2.24) is 4.98 Å². The molecule has 1 heterocycles. The number of hydrogen-bond acceptors (Lipinski definition) is 1. The van der Waals surface area contributed by atoms with E-state index in [0.717, 1.165) is 38.9 Å². The summed E-state index contributed by atoms with van der Waals surface area (Å²) in [5.41, 5.74) is 3.88. The van der Waals surface area contributed by atoms with Crippen LogP contribution < -0.4 is 5.56 Å². The van der Waals surface area contributed by atoms with Gasteiger partial charge >= 0.3 is 0 Å². The number of pyridine rings is 1. The minimum Gasteiger partial charge on any atom is -0.328 e. The molecule has 2 nitrogen and oxygen atoms in total. The molecule has 0 atom stereocenters. The van der Waals surface area contributed by atoms with Gasteiger partial charge in [0.25, 0.3) is 5.56 Å². The zero-order valence-electron chi connectivity index (χ0n) is 15.0. The first kappa shape index (κ1) is 19.1. The highest BCUT2D eigenvalue weighted by molar-refractivity contribution is 6.39. The molecule has 3 aromatic carbocycles. The molecule has 0 unspecified atom stereocenters. The van der Waals surface area contributed by atoms with Gasteiger partial charge in [-0.15, -0.1) is 0 Å². The van der Waals surface area contributed by atoms with Gasteiger partial charge in [0.15, 0.2) is 0 Å². The Morgan fingerprint density at radius 2 is 1.36 bits per heavy atom. The van der Waals surface area contributed by atoms with Gasteiger partial charge in [0.1, 0.15) is 0 Å². The Bertz CT molecular complexity index is 1240. The number of halogens is 3. The number of rotatable bonds is 3. The first-order chi connectivity index (χ1) is 13.5. The summed E-state index contributed by atoms with van der Waals surface area (Å²) in [6.45, 7) is 2.08. The van der Waals surface area contributed by atoms with E-state index in [-0.39, 0.29) is 5.56 Å². The number of benzene rings is 3. The minimum absolute atomic E-state index is 0.235. The van der Waals surface area contributed by atoms with Crippen molar-refractivity contribution in [3.05, 3.63) is 91.8 Å². The van der Waals surface area contributed by atoms with E-state index in [1.807, 2.05) is 36.4 Å². The second kappa shape index (κ2) is 7.63. The third-order valence-corrected chi connectivity index (χ3v) is 5.91. The number of aromatic amines is 1. The van der Waals surface area contributed by atoms with Gasteiger partial charge in [-0.1, -0.05) is 78.1 Å². The van der Waals surface area contributed by atoms with Crippen LogP contribution in [0.25, 0.3) is 33.0 Å². The van der Waals surface area contributed by atoms with E-state index >= 15 is 0 Å². The largest absolute Gasteiger partial charge is 0.328 e. The zero-order valence-corrected chi connectivity index (χ0v) is 17.3. The van der Waals surface area contributed by atoms with Crippen molar-refractivity contribution in [2.24, 2.45) is 0 Å². The summed E-state index contributed by atoms with van der Waals surface area (Å²) < 4.78 is 0. The van der Waals surface area contributed by atoms with Gasteiger partial charge < -0.3 is 4.98 Å². The molecule has 0 aliphatic carbocycles. The van der Waals surface area contributed by atoms with Gasteiger partial charge in [0.2, 0.25) is 0 Å². The maximum Gasteiger partial charge on any atom is 0.256 e. The molecule has 0 amide bonds. The lowest BCUT2D eigenvalue weighted by Gasteiger charge is -2.15. The number of hydrogen-bond donors (Lipinski definition) is 1. The van der Waals surface area contributed by atoms with Crippen LogP contribution in [0, 0.1) is 0 Å². The molecular weight excluding hydrogens is 413 g/mol. The van der Waals surface area contributed by atoms with Crippen LogP contribution in [-0.2, 0) is 6.42 Å². The van der Waals surface area contributed by atoms with Crippen LogP contribution in [0.1, 0.15) is 12.5 Å². The van der Waals surface area contributed by atoms with Crippen LogP contribution >= 0.6 is 34.8 Å². The van der Waals surface area contributed by atoms with Crippen molar-refractivity contribution in [2.75, 3.05) is 0 Å². The van der Waals surface area contributed by atoms with Crippen LogP contribution in [0.4, 0.5) is 0 Å².